The first-order valence-corrected chi connectivity index (χ1v) is 9.98. The van der Waals surface area contributed by atoms with Crippen LogP contribution in [-0.2, 0) is 10.0 Å². The maximum Gasteiger partial charge on any atom is 0.256 e. The molecular weight excluding hydrogens is 370 g/mol. The number of fused-ring (bicyclic) bond motifs is 1. The number of hydrogen-bond acceptors (Lipinski definition) is 6. The fourth-order valence-electron chi connectivity index (χ4n) is 3.42. The van der Waals surface area contributed by atoms with Gasteiger partial charge in [-0.1, -0.05) is 17.3 Å². The summed E-state index contributed by atoms with van der Waals surface area (Å²) in [5.41, 5.74) is 1.57. The standard InChI is InChI=1S/C17H19N5O4S/c1-11-16(12(2)26-20-11)27(24,25)22-8-6-21(7-9-22)17(23)14-5-3-4-13-10-18-19-15(13)14/h3-5,10H,6-9H2,1-2H3,(H,18,19). The number of rotatable bonds is 3. The normalized spacial score (nSPS) is 16.1. The Morgan fingerprint density at radius 1 is 1.19 bits per heavy atom. The molecule has 3 heterocycles. The molecule has 0 atom stereocenters. The number of H-pyrrole nitrogens is 1. The highest BCUT2D eigenvalue weighted by Crippen LogP contribution is 2.25. The van der Waals surface area contributed by atoms with Gasteiger partial charge in [-0.05, 0) is 19.9 Å². The van der Waals surface area contributed by atoms with Crippen LogP contribution in [0.25, 0.3) is 10.9 Å². The van der Waals surface area contributed by atoms with Crippen molar-refractivity contribution in [3.8, 4) is 0 Å². The lowest BCUT2D eigenvalue weighted by molar-refractivity contribution is 0.0699. The molecule has 1 saturated heterocycles. The van der Waals surface area contributed by atoms with Gasteiger partial charge >= 0.3 is 0 Å². The van der Waals surface area contributed by atoms with Crippen LogP contribution in [0, 0.1) is 13.8 Å². The van der Waals surface area contributed by atoms with E-state index in [0.29, 0.717) is 29.9 Å². The zero-order valence-electron chi connectivity index (χ0n) is 15.0. The lowest BCUT2D eigenvalue weighted by Gasteiger charge is -2.34. The minimum atomic E-state index is -3.70. The lowest BCUT2D eigenvalue weighted by Crippen LogP contribution is -2.50. The van der Waals surface area contributed by atoms with Crippen LogP contribution in [0.1, 0.15) is 21.8 Å². The second-order valence-electron chi connectivity index (χ2n) is 6.49. The lowest BCUT2D eigenvalue weighted by atomic mass is 10.1. The molecule has 1 N–H and O–H groups in total. The summed E-state index contributed by atoms with van der Waals surface area (Å²) in [4.78, 5) is 14.7. The Bertz CT molecular complexity index is 1090. The molecule has 0 aliphatic carbocycles. The van der Waals surface area contributed by atoms with Crippen LogP contribution in [0.3, 0.4) is 0 Å². The summed E-state index contributed by atoms with van der Waals surface area (Å²) < 4.78 is 32.1. The number of aromatic nitrogens is 3. The third-order valence-electron chi connectivity index (χ3n) is 4.80. The summed E-state index contributed by atoms with van der Waals surface area (Å²) in [6.45, 7) is 4.25. The Hall–Kier alpha value is -2.72. The number of piperazine rings is 1. The molecule has 1 amide bonds. The van der Waals surface area contributed by atoms with E-state index in [1.807, 2.05) is 12.1 Å². The molecular formula is C17H19N5O4S. The molecule has 4 rings (SSSR count). The molecule has 0 unspecified atom stereocenters. The summed E-state index contributed by atoms with van der Waals surface area (Å²) in [7, 11) is -3.70. The Kier molecular flexibility index (Phi) is 4.23. The van der Waals surface area contributed by atoms with E-state index in [2.05, 4.69) is 15.4 Å². The second kappa shape index (κ2) is 6.46. The first-order valence-electron chi connectivity index (χ1n) is 8.54. The minimum Gasteiger partial charge on any atom is -0.360 e. The van der Waals surface area contributed by atoms with Gasteiger partial charge in [0.1, 0.15) is 10.6 Å². The molecule has 0 radical (unpaired) electrons. The van der Waals surface area contributed by atoms with Crippen molar-refractivity contribution in [3.63, 3.8) is 0 Å². The second-order valence-corrected chi connectivity index (χ2v) is 8.36. The number of amides is 1. The third kappa shape index (κ3) is 2.90. The SMILES string of the molecule is Cc1noc(C)c1S(=O)(=O)N1CCN(C(=O)c2cccc3cn[nH]c23)CC1. The Morgan fingerprint density at radius 2 is 1.93 bits per heavy atom. The van der Waals surface area contributed by atoms with Crippen molar-refractivity contribution in [1.29, 1.82) is 0 Å². The molecule has 1 aliphatic heterocycles. The van der Waals surface area contributed by atoms with Gasteiger partial charge in [0.2, 0.25) is 10.0 Å². The maximum absolute atomic E-state index is 12.9. The van der Waals surface area contributed by atoms with E-state index in [1.165, 1.54) is 4.31 Å². The molecule has 0 spiro atoms. The molecule has 0 saturated carbocycles. The van der Waals surface area contributed by atoms with Crippen molar-refractivity contribution >= 4 is 26.8 Å². The number of benzene rings is 1. The van der Waals surface area contributed by atoms with E-state index in [-0.39, 0.29) is 29.7 Å². The number of hydrogen-bond donors (Lipinski definition) is 1. The highest BCUT2D eigenvalue weighted by Gasteiger charge is 2.34. The number of aryl methyl sites for hydroxylation is 2. The number of carbonyl (C=O) groups excluding carboxylic acids is 1. The van der Waals surface area contributed by atoms with E-state index >= 15 is 0 Å². The van der Waals surface area contributed by atoms with Gasteiger partial charge in [0.25, 0.3) is 5.91 Å². The van der Waals surface area contributed by atoms with Crippen molar-refractivity contribution in [3.05, 3.63) is 41.4 Å². The highest BCUT2D eigenvalue weighted by atomic mass is 32.2. The van der Waals surface area contributed by atoms with Crippen LogP contribution in [0.2, 0.25) is 0 Å². The van der Waals surface area contributed by atoms with Crippen LogP contribution >= 0.6 is 0 Å². The number of nitrogens with one attached hydrogen (secondary N) is 1. The van der Waals surface area contributed by atoms with Crippen LogP contribution in [0.5, 0.6) is 0 Å². The van der Waals surface area contributed by atoms with E-state index < -0.39 is 10.0 Å². The van der Waals surface area contributed by atoms with Crippen molar-refractivity contribution in [2.24, 2.45) is 0 Å². The number of nitrogens with zero attached hydrogens (tertiary/aromatic N) is 4. The zero-order valence-corrected chi connectivity index (χ0v) is 15.8. The molecule has 10 heteroatoms. The van der Waals surface area contributed by atoms with Gasteiger partial charge < -0.3 is 9.42 Å². The first-order chi connectivity index (χ1) is 12.9. The minimum absolute atomic E-state index is 0.115. The van der Waals surface area contributed by atoms with Gasteiger partial charge in [0, 0.05) is 31.6 Å². The molecule has 2 aromatic heterocycles. The fourth-order valence-corrected chi connectivity index (χ4v) is 5.13. The van der Waals surface area contributed by atoms with Crippen molar-refractivity contribution in [2.75, 3.05) is 26.2 Å². The molecule has 1 fully saturated rings. The van der Waals surface area contributed by atoms with E-state index in [4.69, 9.17) is 4.52 Å². The Morgan fingerprint density at radius 3 is 2.59 bits per heavy atom. The quantitative estimate of drug-likeness (QED) is 0.723. The molecule has 9 nitrogen and oxygen atoms in total. The predicted octanol–water partition coefficient (Wildman–Crippen LogP) is 1.31. The van der Waals surface area contributed by atoms with Crippen LogP contribution < -0.4 is 0 Å². The number of aromatic amines is 1. The van der Waals surface area contributed by atoms with Crippen LogP contribution in [-0.4, -0.2) is 65.1 Å². The van der Waals surface area contributed by atoms with Gasteiger partial charge in [0.15, 0.2) is 5.76 Å². The number of sulfonamides is 1. The van der Waals surface area contributed by atoms with Gasteiger partial charge in [-0.25, -0.2) is 8.42 Å². The third-order valence-corrected chi connectivity index (χ3v) is 6.94. The Balaban J connectivity index is 1.52. The Labute approximate surface area is 156 Å². The van der Waals surface area contributed by atoms with Gasteiger partial charge in [-0.15, -0.1) is 0 Å². The molecule has 0 bridgehead atoms. The van der Waals surface area contributed by atoms with Gasteiger partial charge in [-0.2, -0.15) is 9.40 Å². The molecule has 3 aromatic rings. The topological polar surface area (TPSA) is 112 Å². The monoisotopic (exact) mass is 389 g/mol. The van der Waals surface area contributed by atoms with E-state index in [1.54, 1.807) is 31.0 Å². The van der Waals surface area contributed by atoms with E-state index in [0.717, 1.165) is 5.39 Å². The highest BCUT2D eigenvalue weighted by molar-refractivity contribution is 7.89. The van der Waals surface area contributed by atoms with Gasteiger partial charge in [0.05, 0.1) is 17.3 Å². The average Bonchev–Trinajstić information content (AvgIpc) is 3.27. The largest absolute Gasteiger partial charge is 0.360 e. The summed E-state index contributed by atoms with van der Waals surface area (Å²) in [6, 6.07) is 5.43. The maximum atomic E-state index is 12.9. The van der Waals surface area contributed by atoms with E-state index in [9.17, 15) is 13.2 Å². The summed E-state index contributed by atoms with van der Waals surface area (Å²) in [6.07, 6.45) is 1.67. The van der Waals surface area contributed by atoms with Crippen molar-refractivity contribution in [2.45, 2.75) is 18.7 Å². The van der Waals surface area contributed by atoms with Crippen molar-refractivity contribution < 1.29 is 17.7 Å². The fraction of sp³-hybridized carbons (Fsp3) is 0.353. The molecule has 142 valence electrons. The number of para-hydroxylation sites is 1. The first kappa shape index (κ1) is 17.7. The zero-order chi connectivity index (χ0) is 19.2. The summed E-state index contributed by atoms with van der Waals surface area (Å²) in [5.74, 6) is 0.135. The molecule has 1 aromatic carbocycles. The van der Waals surface area contributed by atoms with Crippen molar-refractivity contribution in [1.82, 2.24) is 24.6 Å². The molecule has 27 heavy (non-hydrogen) atoms. The predicted molar refractivity (Wildman–Crippen MR) is 96.7 cm³/mol. The summed E-state index contributed by atoms with van der Waals surface area (Å²) >= 11 is 0. The van der Waals surface area contributed by atoms with Gasteiger partial charge in [-0.3, -0.25) is 9.89 Å². The van der Waals surface area contributed by atoms with Crippen LogP contribution in [0.15, 0.2) is 33.8 Å². The smallest absolute Gasteiger partial charge is 0.256 e. The van der Waals surface area contributed by atoms with Crippen LogP contribution in [0.4, 0.5) is 0 Å². The summed E-state index contributed by atoms with van der Waals surface area (Å²) in [5, 5.41) is 11.4. The average molecular weight is 389 g/mol. The number of carbonyl (C=O) groups is 1. The molecule has 1 aliphatic rings.